The van der Waals surface area contributed by atoms with Gasteiger partial charge in [0.2, 0.25) is 5.95 Å². The SMILES string of the molecule is CCNc1cc(N2CCNCC2)nc(N)n1. The fourth-order valence-corrected chi connectivity index (χ4v) is 1.78. The van der Waals surface area contributed by atoms with Gasteiger partial charge in [0.05, 0.1) is 0 Å². The first-order chi connectivity index (χ1) is 7.79. The average Bonchev–Trinajstić information content (AvgIpc) is 2.30. The van der Waals surface area contributed by atoms with Crippen LogP contribution in [-0.4, -0.2) is 42.7 Å². The summed E-state index contributed by atoms with van der Waals surface area (Å²) in [6, 6.07) is 1.95. The molecule has 0 atom stereocenters. The Morgan fingerprint density at radius 3 is 2.88 bits per heavy atom. The molecule has 6 nitrogen and oxygen atoms in total. The van der Waals surface area contributed by atoms with E-state index in [2.05, 4.69) is 25.5 Å². The lowest BCUT2D eigenvalue weighted by Crippen LogP contribution is -2.44. The summed E-state index contributed by atoms with van der Waals surface area (Å²) in [5, 5.41) is 6.46. The largest absolute Gasteiger partial charge is 0.370 e. The van der Waals surface area contributed by atoms with E-state index in [0.717, 1.165) is 44.4 Å². The predicted octanol–water partition coefficient (Wildman–Crippen LogP) is -0.0998. The molecule has 6 heteroatoms. The number of aromatic nitrogens is 2. The Morgan fingerprint density at radius 1 is 1.44 bits per heavy atom. The molecule has 2 rings (SSSR count). The van der Waals surface area contributed by atoms with E-state index < -0.39 is 0 Å². The lowest BCUT2D eigenvalue weighted by Gasteiger charge is -2.28. The van der Waals surface area contributed by atoms with E-state index in [4.69, 9.17) is 5.73 Å². The smallest absolute Gasteiger partial charge is 0.223 e. The highest BCUT2D eigenvalue weighted by atomic mass is 15.3. The Labute approximate surface area is 95.3 Å². The third-order valence-corrected chi connectivity index (χ3v) is 2.53. The third-order valence-electron chi connectivity index (χ3n) is 2.53. The van der Waals surface area contributed by atoms with E-state index in [1.807, 2.05) is 13.0 Å². The fourth-order valence-electron chi connectivity index (χ4n) is 1.78. The van der Waals surface area contributed by atoms with Crippen molar-refractivity contribution >= 4 is 17.6 Å². The molecule has 0 aliphatic carbocycles. The summed E-state index contributed by atoms with van der Waals surface area (Å²) in [4.78, 5) is 10.6. The molecule has 0 unspecified atom stereocenters. The van der Waals surface area contributed by atoms with Crippen LogP contribution in [0.15, 0.2) is 6.07 Å². The van der Waals surface area contributed by atoms with Crippen LogP contribution in [0.25, 0.3) is 0 Å². The normalized spacial score (nSPS) is 16.2. The molecule has 88 valence electrons. The van der Waals surface area contributed by atoms with Gasteiger partial charge in [-0.05, 0) is 6.92 Å². The molecule has 0 amide bonds. The molecule has 16 heavy (non-hydrogen) atoms. The van der Waals surface area contributed by atoms with Gasteiger partial charge in [0, 0.05) is 38.8 Å². The summed E-state index contributed by atoms with van der Waals surface area (Å²) in [7, 11) is 0. The van der Waals surface area contributed by atoms with E-state index in [0.29, 0.717) is 5.95 Å². The number of nitrogens with one attached hydrogen (secondary N) is 2. The minimum absolute atomic E-state index is 0.326. The first kappa shape index (κ1) is 10.9. The number of nitrogen functional groups attached to an aromatic ring is 1. The Balaban J connectivity index is 2.18. The molecule has 0 saturated carbocycles. The van der Waals surface area contributed by atoms with Crippen molar-refractivity contribution in [1.29, 1.82) is 0 Å². The zero-order valence-corrected chi connectivity index (χ0v) is 9.53. The first-order valence-corrected chi connectivity index (χ1v) is 5.63. The summed E-state index contributed by atoms with van der Waals surface area (Å²) >= 11 is 0. The topological polar surface area (TPSA) is 79.1 Å². The highest BCUT2D eigenvalue weighted by Gasteiger charge is 2.13. The molecule has 0 aromatic carbocycles. The fraction of sp³-hybridized carbons (Fsp3) is 0.600. The van der Waals surface area contributed by atoms with E-state index in [-0.39, 0.29) is 0 Å². The summed E-state index contributed by atoms with van der Waals surface area (Å²) in [6.07, 6.45) is 0. The van der Waals surface area contributed by atoms with E-state index in [1.54, 1.807) is 0 Å². The second kappa shape index (κ2) is 4.98. The summed E-state index contributed by atoms with van der Waals surface area (Å²) in [5.74, 6) is 2.03. The van der Waals surface area contributed by atoms with Gasteiger partial charge in [0.1, 0.15) is 11.6 Å². The van der Waals surface area contributed by atoms with Crippen molar-refractivity contribution in [1.82, 2.24) is 15.3 Å². The monoisotopic (exact) mass is 222 g/mol. The molecular weight excluding hydrogens is 204 g/mol. The number of nitrogens with two attached hydrogens (primary N) is 1. The van der Waals surface area contributed by atoms with Gasteiger partial charge >= 0.3 is 0 Å². The molecular formula is C10H18N6. The molecule has 1 aliphatic rings. The van der Waals surface area contributed by atoms with E-state index >= 15 is 0 Å². The number of piperazine rings is 1. The van der Waals surface area contributed by atoms with Crippen LogP contribution in [0.2, 0.25) is 0 Å². The Kier molecular flexibility index (Phi) is 3.40. The van der Waals surface area contributed by atoms with Crippen molar-refractivity contribution in [3.63, 3.8) is 0 Å². The van der Waals surface area contributed by atoms with Gasteiger partial charge in [-0.1, -0.05) is 0 Å². The quantitative estimate of drug-likeness (QED) is 0.663. The average molecular weight is 222 g/mol. The zero-order chi connectivity index (χ0) is 11.4. The van der Waals surface area contributed by atoms with Gasteiger partial charge in [-0.2, -0.15) is 9.97 Å². The number of hydrogen-bond acceptors (Lipinski definition) is 6. The first-order valence-electron chi connectivity index (χ1n) is 5.63. The van der Waals surface area contributed by atoms with Crippen molar-refractivity contribution in [2.45, 2.75) is 6.92 Å². The van der Waals surface area contributed by atoms with Gasteiger partial charge in [-0.3, -0.25) is 0 Å². The van der Waals surface area contributed by atoms with Gasteiger partial charge in [-0.15, -0.1) is 0 Å². The van der Waals surface area contributed by atoms with Gasteiger partial charge < -0.3 is 21.3 Å². The number of nitrogens with zero attached hydrogens (tertiary/aromatic N) is 3. The Bertz CT molecular complexity index is 347. The zero-order valence-electron chi connectivity index (χ0n) is 9.53. The highest BCUT2D eigenvalue weighted by molar-refractivity contribution is 5.52. The van der Waals surface area contributed by atoms with Crippen LogP contribution in [-0.2, 0) is 0 Å². The number of anilines is 3. The maximum absolute atomic E-state index is 5.69. The third kappa shape index (κ3) is 2.52. The molecule has 1 aromatic heterocycles. The Hall–Kier alpha value is -1.56. The van der Waals surface area contributed by atoms with Crippen LogP contribution in [0.4, 0.5) is 17.6 Å². The number of rotatable bonds is 3. The van der Waals surface area contributed by atoms with Crippen LogP contribution in [0.3, 0.4) is 0 Å². The van der Waals surface area contributed by atoms with Crippen molar-refractivity contribution in [2.24, 2.45) is 0 Å². The summed E-state index contributed by atoms with van der Waals surface area (Å²) in [5.41, 5.74) is 5.69. The van der Waals surface area contributed by atoms with Gasteiger partial charge in [0.15, 0.2) is 0 Å². The van der Waals surface area contributed by atoms with Crippen LogP contribution in [0.1, 0.15) is 6.92 Å². The minimum atomic E-state index is 0.326. The van der Waals surface area contributed by atoms with Crippen LogP contribution in [0, 0.1) is 0 Å². The van der Waals surface area contributed by atoms with Crippen LogP contribution >= 0.6 is 0 Å². The molecule has 0 bridgehead atoms. The molecule has 1 aromatic rings. The second-order valence-electron chi connectivity index (χ2n) is 3.74. The van der Waals surface area contributed by atoms with Crippen LogP contribution < -0.4 is 21.3 Å². The predicted molar refractivity (Wildman–Crippen MR) is 65.7 cm³/mol. The lowest BCUT2D eigenvalue weighted by molar-refractivity contribution is 0.585. The molecule has 1 fully saturated rings. The molecule has 0 spiro atoms. The number of hydrogen-bond donors (Lipinski definition) is 3. The van der Waals surface area contributed by atoms with E-state index in [9.17, 15) is 0 Å². The molecule has 1 saturated heterocycles. The van der Waals surface area contributed by atoms with Crippen LogP contribution in [0.5, 0.6) is 0 Å². The van der Waals surface area contributed by atoms with Crippen molar-refractivity contribution in [3.8, 4) is 0 Å². The van der Waals surface area contributed by atoms with Crippen molar-refractivity contribution < 1.29 is 0 Å². The molecule has 1 aliphatic heterocycles. The molecule has 0 radical (unpaired) electrons. The summed E-state index contributed by atoms with van der Waals surface area (Å²) < 4.78 is 0. The minimum Gasteiger partial charge on any atom is -0.370 e. The van der Waals surface area contributed by atoms with Crippen molar-refractivity contribution in [3.05, 3.63) is 6.07 Å². The lowest BCUT2D eigenvalue weighted by atomic mass is 10.3. The second-order valence-corrected chi connectivity index (χ2v) is 3.74. The van der Waals surface area contributed by atoms with E-state index in [1.165, 1.54) is 0 Å². The standard InChI is InChI=1S/C10H18N6/c1-2-13-8-7-9(15-10(11)14-8)16-5-3-12-4-6-16/h7,12H,2-6H2,1H3,(H3,11,13,14,15). The van der Waals surface area contributed by atoms with Crippen molar-refractivity contribution in [2.75, 3.05) is 48.7 Å². The maximum atomic E-state index is 5.69. The maximum Gasteiger partial charge on any atom is 0.223 e. The molecule has 2 heterocycles. The molecule has 4 N–H and O–H groups in total. The highest BCUT2D eigenvalue weighted by Crippen LogP contribution is 2.17. The Morgan fingerprint density at radius 2 is 2.19 bits per heavy atom. The van der Waals surface area contributed by atoms with Gasteiger partial charge in [0.25, 0.3) is 0 Å². The summed E-state index contributed by atoms with van der Waals surface area (Å²) in [6.45, 7) is 6.76. The van der Waals surface area contributed by atoms with Gasteiger partial charge in [-0.25, -0.2) is 0 Å².